The summed E-state index contributed by atoms with van der Waals surface area (Å²) in [5.41, 5.74) is -0.0867. The van der Waals surface area contributed by atoms with Gasteiger partial charge in [0, 0.05) is 11.6 Å². The van der Waals surface area contributed by atoms with Crippen LogP contribution in [0, 0.1) is 5.92 Å². The molecule has 1 aliphatic rings. The average molecular weight is 331 g/mol. The molecule has 0 heterocycles. The lowest BCUT2D eigenvalue weighted by Gasteiger charge is -2.25. The number of amides is 2. The molecule has 0 radical (unpaired) electrons. The minimum atomic E-state index is -1.20. The summed E-state index contributed by atoms with van der Waals surface area (Å²) in [5, 5.41) is 14.6. The quantitative estimate of drug-likeness (QED) is 0.763. The molecule has 3 N–H and O–H groups in total. The van der Waals surface area contributed by atoms with Crippen LogP contribution < -0.4 is 10.6 Å². The standard InChI is InChI=1S/C14H16Cl2N2O3/c15-9-6-10(13(19)20)12(11(16)7-9)18-14(21)17-5-4-8-2-1-3-8/h6-8H,1-5H2,(H,19,20)(H2,17,18,21). The number of carboxylic acid groups (broad SMARTS) is 1. The van der Waals surface area contributed by atoms with Gasteiger partial charge in [0.25, 0.3) is 0 Å². The molecular weight excluding hydrogens is 315 g/mol. The zero-order valence-corrected chi connectivity index (χ0v) is 12.8. The summed E-state index contributed by atoms with van der Waals surface area (Å²) < 4.78 is 0. The molecule has 0 aromatic heterocycles. The minimum absolute atomic E-state index is 0.0507. The lowest BCUT2D eigenvalue weighted by atomic mass is 9.83. The van der Waals surface area contributed by atoms with Gasteiger partial charge >= 0.3 is 12.0 Å². The van der Waals surface area contributed by atoms with E-state index in [1.54, 1.807) is 0 Å². The highest BCUT2D eigenvalue weighted by Gasteiger charge is 2.19. The molecule has 0 saturated heterocycles. The monoisotopic (exact) mass is 330 g/mol. The second-order valence-electron chi connectivity index (χ2n) is 5.08. The maximum absolute atomic E-state index is 11.8. The zero-order chi connectivity index (χ0) is 15.4. The molecule has 21 heavy (non-hydrogen) atoms. The van der Waals surface area contributed by atoms with Crippen molar-refractivity contribution in [1.29, 1.82) is 0 Å². The summed E-state index contributed by atoms with van der Waals surface area (Å²) in [6.07, 6.45) is 4.64. The highest BCUT2D eigenvalue weighted by Crippen LogP contribution is 2.30. The number of rotatable bonds is 5. The van der Waals surface area contributed by atoms with Crippen LogP contribution >= 0.6 is 23.2 Å². The van der Waals surface area contributed by atoms with Gasteiger partial charge in [0.05, 0.1) is 16.3 Å². The Morgan fingerprint density at radius 2 is 2.00 bits per heavy atom. The maximum Gasteiger partial charge on any atom is 0.337 e. The summed E-state index contributed by atoms with van der Waals surface area (Å²) in [4.78, 5) is 23.0. The molecule has 1 aliphatic carbocycles. The van der Waals surface area contributed by atoms with Crippen LogP contribution in [0.3, 0.4) is 0 Å². The van der Waals surface area contributed by atoms with Gasteiger partial charge in [0.15, 0.2) is 0 Å². The lowest BCUT2D eigenvalue weighted by Crippen LogP contribution is -2.32. The first-order valence-corrected chi connectivity index (χ1v) is 7.50. The maximum atomic E-state index is 11.8. The van der Waals surface area contributed by atoms with E-state index in [-0.39, 0.29) is 21.3 Å². The van der Waals surface area contributed by atoms with Crippen LogP contribution in [0.1, 0.15) is 36.0 Å². The van der Waals surface area contributed by atoms with Crippen LogP contribution in [-0.4, -0.2) is 23.7 Å². The van der Waals surface area contributed by atoms with Crippen LogP contribution in [0.15, 0.2) is 12.1 Å². The Morgan fingerprint density at radius 1 is 1.29 bits per heavy atom. The largest absolute Gasteiger partial charge is 0.478 e. The molecule has 0 spiro atoms. The summed E-state index contributed by atoms with van der Waals surface area (Å²) >= 11 is 11.7. The topological polar surface area (TPSA) is 78.4 Å². The van der Waals surface area contributed by atoms with E-state index in [2.05, 4.69) is 10.6 Å². The van der Waals surface area contributed by atoms with Crippen molar-refractivity contribution < 1.29 is 14.7 Å². The van der Waals surface area contributed by atoms with E-state index in [0.29, 0.717) is 12.5 Å². The molecule has 1 saturated carbocycles. The number of carbonyl (C=O) groups is 2. The second kappa shape index (κ2) is 7.00. The third kappa shape index (κ3) is 4.25. The fraction of sp³-hybridized carbons (Fsp3) is 0.429. The number of benzene rings is 1. The Balaban J connectivity index is 1.97. The molecule has 0 aliphatic heterocycles. The Kier molecular flexibility index (Phi) is 5.31. The number of hydrogen-bond donors (Lipinski definition) is 3. The van der Waals surface area contributed by atoms with Crippen molar-refractivity contribution >= 4 is 40.9 Å². The molecule has 2 rings (SSSR count). The Morgan fingerprint density at radius 3 is 2.57 bits per heavy atom. The van der Waals surface area contributed by atoms with E-state index in [4.69, 9.17) is 28.3 Å². The van der Waals surface area contributed by atoms with Gasteiger partial charge in [-0.3, -0.25) is 0 Å². The summed E-state index contributed by atoms with van der Waals surface area (Å²) in [5.74, 6) is -0.511. The van der Waals surface area contributed by atoms with Crippen molar-refractivity contribution in [3.63, 3.8) is 0 Å². The third-order valence-electron chi connectivity index (χ3n) is 3.59. The summed E-state index contributed by atoms with van der Waals surface area (Å²) in [6, 6.07) is 2.17. The Labute approximate surface area is 132 Å². The van der Waals surface area contributed by atoms with Crippen molar-refractivity contribution in [3.05, 3.63) is 27.7 Å². The molecule has 1 aromatic rings. The molecule has 114 valence electrons. The number of aromatic carboxylic acids is 1. The first-order valence-electron chi connectivity index (χ1n) is 6.74. The van der Waals surface area contributed by atoms with Gasteiger partial charge in [-0.15, -0.1) is 0 Å². The first kappa shape index (κ1) is 15.9. The predicted octanol–water partition coefficient (Wildman–Crippen LogP) is 4.00. The van der Waals surface area contributed by atoms with Gasteiger partial charge in [-0.2, -0.15) is 0 Å². The zero-order valence-electron chi connectivity index (χ0n) is 11.3. The van der Waals surface area contributed by atoms with Crippen molar-refractivity contribution in [3.8, 4) is 0 Å². The molecule has 0 atom stereocenters. The highest BCUT2D eigenvalue weighted by atomic mass is 35.5. The number of halogens is 2. The van der Waals surface area contributed by atoms with Gasteiger partial charge in [-0.1, -0.05) is 42.5 Å². The normalized spacial score (nSPS) is 14.4. The first-order chi connectivity index (χ1) is 9.97. The molecule has 7 heteroatoms. The van der Waals surface area contributed by atoms with E-state index in [9.17, 15) is 9.59 Å². The SMILES string of the molecule is O=C(NCCC1CCC1)Nc1c(Cl)cc(Cl)cc1C(=O)O. The van der Waals surface area contributed by atoms with E-state index in [1.165, 1.54) is 31.4 Å². The Bertz CT molecular complexity index is 559. The molecule has 0 unspecified atom stereocenters. The fourth-order valence-electron chi connectivity index (χ4n) is 2.20. The highest BCUT2D eigenvalue weighted by molar-refractivity contribution is 6.37. The van der Waals surface area contributed by atoms with Crippen LogP contribution in [0.2, 0.25) is 10.0 Å². The number of urea groups is 1. The van der Waals surface area contributed by atoms with Crippen LogP contribution in [0.4, 0.5) is 10.5 Å². The van der Waals surface area contributed by atoms with Gasteiger partial charge < -0.3 is 15.7 Å². The number of hydrogen-bond acceptors (Lipinski definition) is 2. The number of anilines is 1. The fourth-order valence-corrected chi connectivity index (χ4v) is 2.74. The van der Waals surface area contributed by atoms with Crippen molar-refractivity contribution in [1.82, 2.24) is 5.32 Å². The van der Waals surface area contributed by atoms with Gasteiger partial charge in [0.1, 0.15) is 0 Å². The van der Waals surface area contributed by atoms with Crippen molar-refractivity contribution in [2.75, 3.05) is 11.9 Å². The van der Waals surface area contributed by atoms with E-state index >= 15 is 0 Å². The third-order valence-corrected chi connectivity index (χ3v) is 4.10. The minimum Gasteiger partial charge on any atom is -0.478 e. The Hall–Kier alpha value is -1.46. The summed E-state index contributed by atoms with van der Waals surface area (Å²) in [6.45, 7) is 0.560. The number of nitrogens with one attached hydrogen (secondary N) is 2. The molecule has 0 bridgehead atoms. The van der Waals surface area contributed by atoms with Gasteiger partial charge in [0.2, 0.25) is 0 Å². The van der Waals surface area contributed by atoms with Gasteiger partial charge in [-0.25, -0.2) is 9.59 Å². The van der Waals surface area contributed by atoms with Crippen LogP contribution in [0.5, 0.6) is 0 Å². The molecule has 2 amide bonds. The molecule has 5 nitrogen and oxygen atoms in total. The number of carboxylic acids is 1. The molecular formula is C14H16Cl2N2O3. The smallest absolute Gasteiger partial charge is 0.337 e. The number of carbonyl (C=O) groups excluding carboxylic acids is 1. The molecule has 1 aromatic carbocycles. The van der Waals surface area contributed by atoms with E-state index in [0.717, 1.165) is 6.42 Å². The van der Waals surface area contributed by atoms with Crippen molar-refractivity contribution in [2.45, 2.75) is 25.7 Å². The second-order valence-corrected chi connectivity index (χ2v) is 5.93. The van der Waals surface area contributed by atoms with Gasteiger partial charge in [-0.05, 0) is 24.5 Å². The van der Waals surface area contributed by atoms with E-state index in [1.807, 2.05) is 0 Å². The van der Waals surface area contributed by atoms with Crippen molar-refractivity contribution in [2.24, 2.45) is 5.92 Å². The van der Waals surface area contributed by atoms with Crippen LogP contribution in [-0.2, 0) is 0 Å². The van der Waals surface area contributed by atoms with Crippen LogP contribution in [0.25, 0.3) is 0 Å². The average Bonchev–Trinajstić information content (AvgIpc) is 2.35. The molecule has 1 fully saturated rings. The lowest BCUT2D eigenvalue weighted by molar-refractivity contribution is 0.0698. The van der Waals surface area contributed by atoms with E-state index < -0.39 is 12.0 Å². The summed E-state index contributed by atoms with van der Waals surface area (Å²) in [7, 11) is 0. The predicted molar refractivity (Wildman–Crippen MR) is 82.4 cm³/mol.